The molecule has 2 aliphatic heterocycles. The van der Waals surface area contributed by atoms with Crippen molar-refractivity contribution in [3.8, 4) is 11.4 Å². The lowest BCUT2D eigenvalue weighted by Crippen LogP contribution is -2.36. The predicted octanol–water partition coefficient (Wildman–Crippen LogP) is 2.96. The van der Waals surface area contributed by atoms with E-state index in [4.69, 9.17) is 32.8 Å². The molecule has 2 amide bonds. The Morgan fingerprint density at radius 3 is 2.87 bits per heavy atom. The van der Waals surface area contributed by atoms with Gasteiger partial charge in [-0.3, -0.25) is 14.3 Å². The van der Waals surface area contributed by atoms with Gasteiger partial charge in [-0.2, -0.15) is 5.10 Å². The molecule has 0 saturated heterocycles. The van der Waals surface area contributed by atoms with Gasteiger partial charge in [-0.05, 0) is 24.6 Å². The number of hydrogen-bond donors (Lipinski definition) is 1. The summed E-state index contributed by atoms with van der Waals surface area (Å²) in [5.41, 5.74) is 4.70. The van der Waals surface area contributed by atoms with E-state index in [1.54, 1.807) is 36.4 Å². The van der Waals surface area contributed by atoms with E-state index >= 15 is 0 Å². The molecule has 0 saturated carbocycles. The minimum absolute atomic E-state index is 0.0510. The van der Waals surface area contributed by atoms with Crippen LogP contribution in [0.4, 0.5) is 0 Å². The molecule has 0 spiro atoms. The van der Waals surface area contributed by atoms with Gasteiger partial charge in [-0.25, -0.2) is 0 Å². The highest BCUT2D eigenvalue weighted by atomic mass is 35.5. The highest BCUT2D eigenvalue weighted by Crippen LogP contribution is 2.36. The van der Waals surface area contributed by atoms with Gasteiger partial charge in [-0.15, -0.1) is 0 Å². The van der Waals surface area contributed by atoms with Gasteiger partial charge in [0.15, 0.2) is 0 Å². The van der Waals surface area contributed by atoms with Gasteiger partial charge in [0.2, 0.25) is 5.91 Å². The molecular weight excluding hydrogens is 441 g/mol. The largest absolute Gasteiger partial charge is 0.364 e. The third-order valence-corrected chi connectivity index (χ3v) is 6.64. The van der Waals surface area contributed by atoms with Crippen molar-refractivity contribution < 1.29 is 14.1 Å². The van der Waals surface area contributed by atoms with Crippen LogP contribution >= 0.6 is 23.2 Å². The topological polar surface area (TPSA) is 93.3 Å². The lowest BCUT2D eigenvalue weighted by Gasteiger charge is -2.27. The molecule has 8 nitrogen and oxygen atoms in total. The van der Waals surface area contributed by atoms with E-state index in [0.29, 0.717) is 53.8 Å². The molecule has 10 heteroatoms. The van der Waals surface area contributed by atoms with Crippen molar-refractivity contribution in [1.82, 2.24) is 25.2 Å². The van der Waals surface area contributed by atoms with E-state index in [-0.39, 0.29) is 17.7 Å². The van der Waals surface area contributed by atoms with Crippen LogP contribution in [0.25, 0.3) is 11.4 Å². The number of halogens is 2. The second kappa shape index (κ2) is 7.69. The number of carbonyl (C=O) groups is 2. The average Bonchev–Trinajstić information content (AvgIpc) is 3.33. The molecule has 0 unspecified atom stereocenters. The van der Waals surface area contributed by atoms with Crippen molar-refractivity contribution in [1.29, 1.82) is 0 Å². The minimum Gasteiger partial charge on any atom is -0.364 e. The quantitative estimate of drug-likeness (QED) is 0.635. The number of hydrogen-bond acceptors (Lipinski definition) is 5. The molecule has 1 atom stereocenters. The summed E-state index contributed by atoms with van der Waals surface area (Å²) in [5.74, 6) is -0.453. The van der Waals surface area contributed by atoms with Crippen LogP contribution in [-0.2, 0) is 30.7 Å². The Labute approximate surface area is 188 Å². The number of nitrogens with one attached hydrogen (secondary N) is 1. The van der Waals surface area contributed by atoms with Crippen LogP contribution in [0.3, 0.4) is 0 Å². The van der Waals surface area contributed by atoms with Crippen LogP contribution in [0.5, 0.6) is 0 Å². The molecule has 0 radical (unpaired) electrons. The maximum Gasteiger partial charge on any atom is 0.254 e. The van der Waals surface area contributed by atoms with Crippen molar-refractivity contribution in [2.45, 2.75) is 25.9 Å². The van der Waals surface area contributed by atoms with Gasteiger partial charge < -0.3 is 14.7 Å². The summed E-state index contributed by atoms with van der Waals surface area (Å²) in [4.78, 5) is 27.3. The first kappa shape index (κ1) is 20.1. The monoisotopic (exact) mass is 459 g/mol. The van der Waals surface area contributed by atoms with E-state index in [2.05, 4.69) is 10.5 Å². The fourth-order valence-electron chi connectivity index (χ4n) is 4.32. The molecule has 31 heavy (non-hydrogen) atoms. The summed E-state index contributed by atoms with van der Waals surface area (Å²) in [7, 11) is 1.63. The van der Waals surface area contributed by atoms with Gasteiger partial charge in [0, 0.05) is 36.7 Å². The Morgan fingerprint density at radius 2 is 2.10 bits per heavy atom. The standard InChI is InChI=1S/C21H19Cl2N5O3/c1-24-20(29)12-6-13-10-31-26-18(13)19-14-9-27(5-4-17(14)25-28(19)8-12)21(30)11-2-3-15(22)16(23)7-11/h2-3,7,10,12H,4-6,8-9H2,1H3,(H,24,29)/t12-/m0/s1. The molecule has 0 aliphatic carbocycles. The first-order valence-electron chi connectivity index (χ1n) is 9.94. The maximum atomic E-state index is 13.1. The molecule has 0 bridgehead atoms. The SMILES string of the molecule is CNC(=O)[C@H]1Cc2conc2-c2c3c(nn2C1)CCN(C(=O)c1ccc(Cl)c(Cl)c1)C3. The maximum absolute atomic E-state index is 13.1. The van der Waals surface area contributed by atoms with Crippen molar-refractivity contribution >= 4 is 35.0 Å². The summed E-state index contributed by atoms with van der Waals surface area (Å²) in [6, 6.07) is 4.89. The number of rotatable bonds is 2. The second-order valence-electron chi connectivity index (χ2n) is 7.77. The van der Waals surface area contributed by atoms with E-state index in [9.17, 15) is 9.59 Å². The Balaban J connectivity index is 1.51. The molecule has 3 aromatic rings. The van der Waals surface area contributed by atoms with Crippen molar-refractivity contribution in [3.05, 3.63) is 56.9 Å². The lowest BCUT2D eigenvalue weighted by atomic mass is 9.98. The summed E-state index contributed by atoms with van der Waals surface area (Å²) in [6.07, 6.45) is 2.71. The zero-order valence-corrected chi connectivity index (χ0v) is 18.2. The number of aromatic nitrogens is 3. The van der Waals surface area contributed by atoms with Gasteiger partial charge in [0.05, 0.1) is 40.4 Å². The van der Waals surface area contributed by atoms with Gasteiger partial charge >= 0.3 is 0 Å². The Morgan fingerprint density at radius 1 is 1.26 bits per heavy atom. The summed E-state index contributed by atoms with van der Waals surface area (Å²) < 4.78 is 7.08. The Bertz CT molecular complexity index is 1200. The number of fused-ring (bicyclic) bond motifs is 5. The first-order valence-corrected chi connectivity index (χ1v) is 10.7. The second-order valence-corrected chi connectivity index (χ2v) is 8.58. The zero-order valence-electron chi connectivity index (χ0n) is 16.7. The number of amides is 2. The first-order chi connectivity index (χ1) is 15.0. The minimum atomic E-state index is -0.278. The van der Waals surface area contributed by atoms with E-state index in [1.165, 1.54) is 0 Å². The van der Waals surface area contributed by atoms with Crippen LogP contribution in [0, 0.1) is 5.92 Å². The van der Waals surface area contributed by atoms with E-state index in [0.717, 1.165) is 22.5 Å². The van der Waals surface area contributed by atoms with Gasteiger partial charge in [-0.1, -0.05) is 28.4 Å². The summed E-state index contributed by atoms with van der Waals surface area (Å²) in [5, 5.41) is 12.4. The van der Waals surface area contributed by atoms with E-state index in [1.807, 2.05) is 4.68 Å². The molecule has 1 aromatic carbocycles. The molecule has 2 aliphatic rings. The molecule has 4 heterocycles. The van der Waals surface area contributed by atoms with Crippen LogP contribution in [0.2, 0.25) is 10.0 Å². The predicted molar refractivity (Wildman–Crippen MR) is 114 cm³/mol. The number of benzene rings is 1. The highest BCUT2D eigenvalue weighted by molar-refractivity contribution is 6.42. The van der Waals surface area contributed by atoms with Crippen molar-refractivity contribution in [3.63, 3.8) is 0 Å². The van der Waals surface area contributed by atoms with Crippen molar-refractivity contribution in [2.75, 3.05) is 13.6 Å². The summed E-state index contributed by atoms with van der Waals surface area (Å²) in [6.45, 7) is 1.37. The van der Waals surface area contributed by atoms with E-state index < -0.39 is 0 Å². The average molecular weight is 460 g/mol. The fraction of sp³-hybridized carbons (Fsp3) is 0.333. The van der Waals surface area contributed by atoms with Gasteiger partial charge in [0.1, 0.15) is 12.0 Å². The van der Waals surface area contributed by atoms with Crippen LogP contribution in [0.15, 0.2) is 29.0 Å². The molecule has 160 valence electrons. The lowest BCUT2D eigenvalue weighted by molar-refractivity contribution is -0.124. The van der Waals surface area contributed by atoms with Crippen LogP contribution in [-0.4, -0.2) is 45.2 Å². The molecule has 5 rings (SSSR count). The molecular formula is C21H19Cl2N5O3. The third-order valence-electron chi connectivity index (χ3n) is 5.90. The van der Waals surface area contributed by atoms with Gasteiger partial charge in [0.25, 0.3) is 5.91 Å². The Hall–Kier alpha value is -2.84. The summed E-state index contributed by atoms with van der Waals surface area (Å²) >= 11 is 12.1. The number of carbonyl (C=O) groups excluding carboxylic acids is 2. The Kier molecular flexibility index (Phi) is 4.98. The highest BCUT2D eigenvalue weighted by Gasteiger charge is 2.35. The zero-order chi connectivity index (χ0) is 21.7. The fourth-order valence-corrected chi connectivity index (χ4v) is 4.62. The smallest absolute Gasteiger partial charge is 0.254 e. The molecule has 2 aromatic heterocycles. The van der Waals surface area contributed by atoms with Crippen LogP contribution in [0.1, 0.15) is 27.2 Å². The third kappa shape index (κ3) is 3.40. The van der Waals surface area contributed by atoms with Crippen molar-refractivity contribution in [2.24, 2.45) is 5.92 Å². The normalized spacial score (nSPS) is 17.4. The molecule has 0 fully saturated rings. The number of nitrogens with zero attached hydrogens (tertiary/aromatic N) is 4. The van der Waals surface area contributed by atoms with Crippen LogP contribution < -0.4 is 5.32 Å². The molecule has 1 N–H and O–H groups in total.